The van der Waals surface area contributed by atoms with Crippen molar-refractivity contribution in [1.29, 1.82) is 0 Å². The predicted octanol–water partition coefficient (Wildman–Crippen LogP) is 3.16. The minimum absolute atomic E-state index is 0.357. The molecule has 0 fully saturated rings. The Morgan fingerprint density at radius 1 is 1.15 bits per heavy atom. The SMILES string of the molecule is COC(=O)C(N=Cc1ccccc1)c1ccc(F)cc1. The zero-order chi connectivity index (χ0) is 14.4. The molecule has 0 heterocycles. The van der Waals surface area contributed by atoms with Crippen LogP contribution in [-0.2, 0) is 9.53 Å². The first-order valence-electron chi connectivity index (χ1n) is 6.12. The van der Waals surface area contributed by atoms with Crippen molar-refractivity contribution in [3.05, 3.63) is 71.5 Å². The molecule has 2 aromatic carbocycles. The van der Waals surface area contributed by atoms with Crippen LogP contribution < -0.4 is 0 Å². The summed E-state index contributed by atoms with van der Waals surface area (Å²) in [7, 11) is 1.30. The Hall–Kier alpha value is -2.49. The maximum atomic E-state index is 12.9. The van der Waals surface area contributed by atoms with E-state index in [9.17, 15) is 9.18 Å². The summed E-state index contributed by atoms with van der Waals surface area (Å²) in [6.07, 6.45) is 1.60. The normalized spacial score (nSPS) is 12.3. The topological polar surface area (TPSA) is 38.7 Å². The van der Waals surface area contributed by atoms with Crippen LogP contribution in [0.5, 0.6) is 0 Å². The van der Waals surface area contributed by atoms with Gasteiger partial charge in [0.05, 0.1) is 7.11 Å². The third kappa shape index (κ3) is 3.51. The van der Waals surface area contributed by atoms with Crippen LogP contribution in [0.2, 0.25) is 0 Å². The molecular weight excluding hydrogens is 257 g/mol. The quantitative estimate of drug-likeness (QED) is 0.633. The summed E-state index contributed by atoms with van der Waals surface area (Å²) in [5, 5.41) is 0. The first-order valence-corrected chi connectivity index (χ1v) is 6.12. The third-order valence-electron chi connectivity index (χ3n) is 2.78. The second-order valence-corrected chi connectivity index (χ2v) is 4.17. The summed E-state index contributed by atoms with van der Waals surface area (Å²) in [6.45, 7) is 0. The molecule has 1 unspecified atom stereocenters. The van der Waals surface area contributed by atoms with Crippen LogP contribution in [-0.4, -0.2) is 19.3 Å². The third-order valence-corrected chi connectivity index (χ3v) is 2.78. The largest absolute Gasteiger partial charge is 0.467 e. The average molecular weight is 271 g/mol. The predicted molar refractivity (Wildman–Crippen MR) is 75.2 cm³/mol. The maximum Gasteiger partial charge on any atom is 0.335 e. The van der Waals surface area contributed by atoms with Gasteiger partial charge in [0.25, 0.3) is 0 Å². The number of ether oxygens (including phenoxy) is 1. The van der Waals surface area contributed by atoms with Gasteiger partial charge in [-0.1, -0.05) is 42.5 Å². The summed E-state index contributed by atoms with van der Waals surface area (Å²) in [6, 6.07) is 14.3. The Kier molecular flexibility index (Phi) is 4.60. The molecule has 2 rings (SSSR count). The summed E-state index contributed by atoms with van der Waals surface area (Å²) in [5.41, 5.74) is 1.47. The number of methoxy groups -OCH3 is 1. The number of hydrogen-bond donors (Lipinski definition) is 0. The van der Waals surface area contributed by atoms with Gasteiger partial charge in [-0.2, -0.15) is 0 Å². The smallest absolute Gasteiger partial charge is 0.335 e. The molecule has 0 aliphatic heterocycles. The lowest BCUT2D eigenvalue weighted by Gasteiger charge is -2.10. The number of rotatable bonds is 4. The van der Waals surface area contributed by atoms with Crippen molar-refractivity contribution in [2.24, 2.45) is 4.99 Å². The van der Waals surface area contributed by atoms with Gasteiger partial charge in [0.15, 0.2) is 6.04 Å². The van der Waals surface area contributed by atoms with Crippen molar-refractivity contribution in [1.82, 2.24) is 0 Å². The fourth-order valence-corrected chi connectivity index (χ4v) is 1.74. The van der Waals surface area contributed by atoms with Crippen LogP contribution in [0.4, 0.5) is 4.39 Å². The summed E-state index contributed by atoms with van der Waals surface area (Å²) in [4.78, 5) is 16.0. The lowest BCUT2D eigenvalue weighted by molar-refractivity contribution is -0.142. The minimum atomic E-state index is -0.791. The standard InChI is InChI=1S/C16H14FNO2/c1-20-16(19)15(13-7-9-14(17)10-8-13)18-11-12-5-3-2-4-6-12/h2-11,15H,1H3. The Morgan fingerprint density at radius 3 is 2.40 bits per heavy atom. The maximum absolute atomic E-state index is 12.9. The van der Waals surface area contributed by atoms with Crippen molar-refractivity contribution in [3.63, 3.8) is 0 Å². The molecule has 20 heavy (non-hydrogen) atoms. The average Bonchev–Trinajstić information content (AvgIpc) is 2.50. The van der Waals surface area contributed by atoms with Crippen molar-refractivity contribution in [3.8, 4) is 0 Å². The van der Waals surface area contributed by atoms with Gasteiger partial charge in [-0.15, -0.1) is 0 Å². The highest BCUT2D eigenvalue weighted by molar-refractivity contribution is 5.84. The van der Waals surface area contributed by atoms with Crippen LogP contribution in [0.25, 0.3) is 0 Å². The number of aliphatic imine (C=N–C) groups is 1. The molecule has 2 aromatic rings. The van der Waals surface area contributed by atoms with E-state index in [0.29, 0.717) is 5.56 Å². The van der Waals surface area contributed by atoms with Gasteiger partial charge in [-0.3, -0.25) is 4.99 Å². The summed E-state index contributed by atoms with van der Waals surface area (Å²) in [5.74, 6) is -0.840. The molecule has 0 aliphatic carbocycles. The Labute approximate surface area is 116 Å². The van der Waals surface area contributed by atoms with Gasteiger partial charge < -0.3 is 4.74 Å². The van der Waals surface area contributed by atoms with Crippen molar-refractivity contribution < 1.29 is 13.9 Å². The fourth-order valence-electron chi connectivity index (χ4n) is 1.74. The second kappa shape index (κ2) is 6.61. The Morgan fingerprint density at radius 2 is 1.80 bits per heavy atom. The molecule has 0 N–H and O–H groups in total. The first kappa shape index (κ1) is 13.9. The van der Waals surface area contributed by atoms with Crippen molar-refractivity contribution in [2.45, 2.75) is 6.04 Å². The molecule has 0 aromatic heterocycles. The van der Waals surface area contributed by atoms with Crippen LogP contribution in [0, 0.1) is 5.82 Å². The highest BCUT2D eigenvalue weighted by Crippen LogP contribution is 2.19. The molecule has 0 aliphatic rings. The van der Waals surface area contributed by atoms with E-state index in [1.807, 2.05) is 30.3 Å². The second-order valence-electron chi connectivity index (χ2n) is 4.17. The minimum Gasteiger partial charge on any atom is -0.467 e. The molecule has 1 atom stereocenters. The number of carbonyl (C=O) groups is 1. The lowest BCUT2D eigenvalue weighted by Crippen LogP contribution is -2.12. The number of carbonyl (C=O) groups excluding carboxylic acids is 1. The van der Waals surface area contributed by atoms with Gasteiger partial charge >= 0.3 is 5.97 Å². The molecule has 3 nitrogen and oxygen atoms in total. The van der Waals surface area contributed by atoms with Crippen LogP contribution in [0.15, 0.2) is 59.6 Å². The Balaban J connectivity index is 2.27. The molecule has 0 amide bonds. The van der Waals surface area contributed by atoms with E-state index < -0.39 is 12.0 Å². The van der Waals surface area contributed by atoms with E-state index >= 15 is 0 Å². The highest BCUT2D eigenvalue weighted by Gasteiger charge is 2.19. The molecule has 102 valence electrons. The van der Waals surface area contributed by atoms with Gasteiger partial charge in [0.2, 0.25) is 0 Å². The van der Waals surface area contributed by atoms with E-state index in [1.165, 1.54) is 31.4 Å². The Bertz CT molecular complexity index is 594. The van der Waals surface area contributed by atoms with Gasteiger partial charge in [-0.25, -0.2) is 9.18 Å². The zero-order valence-electron chi connectivity index (χ0n) is 11.0. The van der Waals surface area contributed by atoms with Crippen molar-refractivity contribution >= 4 is 12.2 Å². The summed E-state index contributed by atoms with van der Waals surface area (Å²) >= 11 is 0. The molecule has 0 saturated carbocycles. The zero-order valence-corrected chi connectivity index (χ0v) is 11.0. The van der Waals surface area contributed by atoms with Crippen LogP contribution >= 0.6 is 0 Å². The highest BCUT2D eigenvalue weighted by atomic mass is 19.1. The lowest BCUT2D eigenvalue weighted by atomic mass is 10.1. The molecule has 4 heteroatoms. The molecule has 0 saturated heterocycles. The van der Waals surface area contributed by atoms with Crippen molar-refractivity contribution in [2.75, 3.05) is 7.11 Å². The van der Waals surface area contributed by atoms with Gasteiger partial charge in [-0.05, 0) is 23.3 Å². The van der Waals surface area contributed by atoms with E-state index in [-0.39, 0.29) is 5.82 Å². The molecule has 0 radical (unpaired) electrons. The number of hydrogen-bond acceptors (Lipinski definition) is 3. The first-order chi connectivity index (χ1) is 9.70. The van der Waals surface area contributed by atoms with Crippen LogP contribution in [0.1, 0.15) is 17.2 Å². The molecular formula is C16H14FNO2. The van der Waals surface area contributed by atoms with E-state index in [2.05, 4.69) is 4.99 Å². The van der Waals surface area contributed by atoms with Crippen LogP contribution in [0.3, 0.4) is 0 Å². The summed E-state index contributed by atoms with van der Waals surface area (Å²) < 4.78 is 17.7. The fraction of sp³-hybridized carbons (Fsp3) is 0.125. The molecule has 0 bridgehead atoms. The van der Waals surface area contributed by atoms with E-state index in [4.69, 9.17) is 4.74 Å². The number of benzene rings is 2. The number of esters is 1. The van der Waals surface area contributed by atoms with Gasteiger partial charge in [0, 0.05) is 6.21 Å². The molecule has 0 spiro atoms. The van der Waals surface area contributed by atoms with E-state index in [0.717, 1.165) is 5.56 Å². The monoisotopic (exact) mass is 271 g/mol. The number of halogens is 1. The van der Waals surface area contributed by atoms with Gasteiger partial charge in [0.1, 0.15) is 5.82 Å². The van der Waals surface area contributed by atoms with E-state index in [1.54, 1.807) is 6.21 Å². The number of nitrogens with zero attached hydrogens (tertiary/aromatic N) is 1.